The Bertz CT molecular complexity index is 1470. The standard InChI is InChI=1S/C25H27ClN4O.C10H22/c1-4-17-12-19-20(26)13-30(22(31)21(19)28-17)18-8-6-7-16(11-18)25(23(27)29(3)5-2)14-24(15-25)9-10-24;1-6-10(4,5)8-7-9(2)3/h5-8,11-13,27-28H,2,4,9-10,14-15H2,1,3H3;9H,6-8H2,1-5H3. The van der Waals surface area contributed by atoms with Crippen LogP contribution < -0.4 is 5.56 Å². The molecule has 6 heteroatoms. The molecule has 0 bridgehead atoms. The van der Waals surface area contributed by atoms with Gasteiger partial charge >= 0.3 is 0 Å². The van der Waals surface area contributed by atoms with Crippen molar-refractivity contribution in [3.8, 4) is 5.69 Å². The Morgan fingerprint density at radius 3 is 2.49 bits per heavy atom. The third-order valence-corrected chi connectivity index (χ3v) is 9.91. The van der Waals surface area contributed by atoms with E-state index in [2.05, 4.69) is 52.2 Å². The van der Waals surface area contributed by atoms with Crippen molar-refractivity contribution in [1.29, 1.82) is 5.41 Å². The Hall–Kier alpha value is -2.79. The molecule has 2 aliphatic carbocycles. The van der Waals surface area contributed by atoms with Gasteiger partial charge in [-0.1, -0.05) is 84.7 Å². The highest BCUT2D eigenvalue weighted by atomic mass is 35.5. The normalized spacial score (nSPS) is 16.7. The van der Waals surface area contributed by atoms with Crippen LogP contribution in [0.4, 0.5) is 0 Å². The molecule has 1 spiro atoms. The van der Waals surface area contributed by atoms with Gasteiger partial charge in [0.05, 0.1) is 10.4 Å². The highest BCUT2D eigenvalue weighted by molar-refractivity contribution is 6.35. The van der Waals surface area contributed by atoms with Crippen LogP contribution in [0.15, 0.2) is 54.1 Å². The summed E-state index contributed by atoms with van der Waals surface area (Å²) in [6.07, 6.45) is 12.7. The van der Waals surface area contributed by atoms with Crippen LogP contribution in [0.2, 0.25) is 5.02 Å². The van der Waals surface area contributed by atoms with Crippen LogP contribution in [-0.4, -0.2) is 27.3 Å². The third kappa shape index (κ3) is 6.35. The summed E-state index contributed by atoms with van der Waals surface area (Å²) < 4.78 is 1.62. The summed E-state index contributed by atoms with van der Waals surface area (Å²) in [7, 11) is 1.88. The van der Waals surface area contributed by atoms with Crippen LogP contribution >= 0.6 is 11.6 Å². The molecule has 3 aromatic rings. The van der Waals surface area contributed by atoms with E-state index in [1.165, 1.54) is 32.1 Å². The van der Waals surface area contributed by atoms with Gasteiger partial charge in [-0.3, -0.25) is 14.8 Å². The molecule has 2 fully saturated rings. The number of aromatic amines is 1. The van der Waals surface area contributed by atoms with E-state index in [9.17, 15) is 4.79 Å². The highest BCUT2D eigenvalue weighted by Crippen LogP contribution is 2.69. The first-order valence-electron chi connectivity index (χ1n) is 15.3. The molecule has 1 aromatic carbocycles. The van der Waals surface area contributed by atoms with Crippen molar-refractivity contribution in [3.63, 3.8) is 0 Å². The summed E-state index contributed by atoms with van der Waals surface area (Å²) >= 11 is 6.55. The van der Waals surface area contributed by atoms with Crippen molar-refractivity contribution >= 4 is 28.3 Å². The van der Waals surface area contributed by atoms with Gasteiger partial charge in [0.2, 0.25) is 0 Å². The minimum atomic E-state index is -0.339. The van der Waals surface area contributed by atoms with Crippen LogP contribution in [0.5, 0.6) is 0 Å². The Morgan fingerprint density at radius 1 is 1.24 bits per heavy atom. The predicted molar refractivity (Wildman–Crippen MR) is 175 cm³/mol. The summed E-state index contributed by atoms with van der Waals surface area (Å²) in [5.41, 5.74) is 3.89. The van der Waals surface area contributed by atoms with Crippen LogP contribution in [-0.2, 0) is 11.8 Å². The number of pyridine rings is 1. The van der Waals surface area contributed by atoms with E-state index in [1.54, 1.807) is 17.0 Å². The number of likely N-dealkylation sites (N-methyl/N-ethyl adjacent to an activating group) is 1. The largest absolute Gasteiger partial charge is 0.354 e. The number of nitrogens with one attached hydrogen (secondary N) is 2. The summed E-state index contributed by atoms with van der Waals surface area (Å²) in [5, 5.41) is 10.2. The zero-order chi connectivity index (χ0) is 30.2. The number of hydrogen-bond donors (Lipinski definition) is 2. The number of halogens is 1. The zero-order valence-corrected chi connectivity index (χ0v) is 26.9. The van der Waals surface area contributed by atoms with E-state index >= 15 is 0 Å². The van der Waals surface area contributed by atoms with Crippen molar-refractivity contribution in [3.05, 3.63) is 75.9 Å². The molecule has 0 aliphatic heterocycles. The minimum Gasteiger partial charge on any atom is -0.354 e. The van der Waals surface area contributed by atoms with E-state index in [-0.39, 0.29) is 11.0 Å². The Balaban J connectivity index is 0.000000334. The summed E-state index contributed by atoms with van der Waals surface area (Å²) in [6, 6.07) is 9.98. The molecule has 5 rings (SSSR count). The number of aryl methyl sites for hydroxylation is 1. The fraction of sp³-hybridized carbons (Fsp3) is 0.543. The molecule has 2 heterocycles. The lowest BCUT2D eigenvalue weighted by molar-refractivity contribution is 0.172. The number of benzene rings is 1. The van der Waals surface area contributed by atoms with E-state index in [0.29, 0.717) is 27.2 Å². The Labute approximate surface area is 251 Å². The number of fused-ring (bicyclic) bond motifs is 1. The average molecular weight is 577 g/mol. The van der Waals surface area contributed by atoms with Crippen LogP contribution in [0, 0.1) is 22.2 Å². The number of nitrogens with zero attached hydrogens (tertiary/aromatic N) is 2. The van der Waals surface area contributed by atoms with Crippen molar-refractivity contribution in [2.24, 2.45) is 16.7 Å². The van der Waals surface area contributed by atoms with Gasteiger partial charge in [0, 0.05) is 30.0 Å². The second-order valence-corrected chi connectivity index (χ2v) is 14.1. The molecule has 41 heavy (non-hydrogen) atoms. The van der Waals surface area contributed by atoms with E-state index in [4.69, 9.17) is 17.0 Å². The van der Waals surface area contributed by atoms with Crippen LogP contribution in [0.3, 0.4) is 0 Å². The van der Waals surface area contributed by atoms with Gasteiger partial charge in [0.15, 0.2) is 0 Å². The topological polar surface area (TPSA) is 64.9 Å². The fourth-order valence-corrected chi connectivity index (χ4v) is 6.36. The predicted octanol–water partition coefficient (Wildman–Crippen LogP) is 9.26. The summed E-state index contributed by atoms with van der Waals surface area (Å²) in [4.78, 5) is 18.3. The maximum absolute atomic E-state index is 13.3. The molecule has 2 saturated carbocycles. The lowest BCUT2D eigenvalue weighted by Crippen LogP contribution is -2.53. The Kier molecular flexibility index (Phi) is 8.99. The van der Waals surface area contributed by atoms with Crippen molar-refractivity contribution in [2.45, 2.75) is 98.3 Å². The van der Waals surface area contributed by atoms with Crippen molar-refractivity contribution in [1.82, 2.24) is 14.5 Å². The number of aromatic nitrogens is 2. The molecule has 2 aromatic heterocycles. The van der Waals surface area contributed by atoms with Crippen LogP contribution in [0.1, 0.15) is 97.7 Å². The second kappa shape index (κ2) is 11.8. The molecule has 0 unspecified atom stereocenters. The van der Waals surface area contributed by atoms with Crippen LogP contribution in [0.25, 0.3) is 16.6 Å². The van der Waals surface area contributed by atoms with Gasteiger partial charge < -0.3 is 9.88 Å². The molecular formula is C35H49ClN4O. The van der Waals surface area contributed by atoms with Gasteiger partial charge in [-0.15, -0.1) is 0 Å². The zero-order valence-electron chi connectivity index (χ0n) is 26.2. The van der Waals surface area contributed by atoms with Gasteiger partial charge in [-0.2, -0.15) is 0 Å². The minimum absolute atomic E-state index is 0.115. The lowest BCUT2D eigenvalue weighted by atomic mass is 9.55. The number of amidine groups is 1. The first-order chi connectivity index (χ1) is 19.3. The summed E-state index contributed by atoms with van der Waals surface area (Å²) in [6.45, 7) is 17.5. The third-order valence-electron chi connectivity index (χ3n) is 9.61. The molecular weight excluding hydrogens is 528 g/mol. The number of H-pyrrole nitrogens is 1. The number of rotatable bonds is 9. The molecule has 2 aliphatic rings. The quantitative estimate of drug-likeness (QED) is 0.197. The second-order valence-electron chi connectivity index (χ2n) is 13.7. The first-order valence-corrected chi connectivity index (χ1v) is 15.7. The molecule has 222 valence electrons. The highest BCUT2D eigenvalue weighted by Gasteiger charge is 2.63. The number of hydrogen-bond acceptors (Lipinski definition) is 2. The van der Waals surface area contributed by atoms with E-state index < -0.39 is 0 Å². The van der Waals surface area contributed by atoms with E-state index in [0.717, 1.165) is 47.5 Å². The summed E-state index contributed by atoms with van der Waals surface area (Å²) in [5.74, 6) is 1.43. The molecule has 0 radical (unpaired) electrons. The molecule has 5 nitrogen and oxygen atoms in total. The van der Waals surface area contributed by atoms with Gasteiger partial charge in [-0.25, -0.2) is 0 Å². The van der Waals surface area contributed by atoms with E-state index in [1.807, 2.05) is 43.1 Å². The maximum Gasteiger partial charge on any atom is 0.279 e. The lowest BCUT2D eigenvalue weighted by Gasteiger charge is -2.51. The average Bonchev–Trinajstić information content (AvgIpc) is 3.61. The fourth-order valence-electron chi connectivity index (χ4n) is 6.12. The molecule has 0 amide bonds. The van der Waals surface area contributed by atoms with Crippen molar-refractivity contribution in [2.75, 3.05) is 7.05 Å². The molecule has 2 N–H and O–H groups in total. The molecule has 0 saturated heterocycles. The van der Waals surface area contributed by atoms with Crippen molar-refractivity contribution < 1.29 is 0 Å². The molecule has 0 atom stereocenters. The monoisotopic (exact) mass is 576 g/mol. The maximum atomic E-state index is 13.3. The smallest absolute Gasteiger partial charge is 0.279 e. The van der Waals surface area contributed by atoms with Gasteiger partial charge in [-0.05, 0) is 85.2 Å². The first kappa shape index (κ1) is 31.2. The van der Waals surface area contributed by atoms with Gasteiger partial charge in [0.25, 0.3) is 5.56 Å². The Morgan fingerprint density at radius 2 is 1.93 bits per heavy atom. The van der Waals surface area contributed by atoms with Gasteiger partial charge in [0.1, 0.15) is 11.4 Å². The SMILES string of the molecule is C=CN(C)C(=N)C1(c2cccc(-n3cc(Cl)c4cc(CC)[nH]c4c3=O)c2)CC2(CC2)C1.CCC(C)(C)CCC(C)C.